The Morgan fingerprint density at radius 1 is 1.50 bits per heavy atom. The molecule has 0 saturated carbocycles. The van der Waals surface area contributed by atoms with Crippen molar-refractivity contribution in [2.75, 3.05) is 6.61 Å². The third-order valence-corrected chi connectivity index (χ3v) is 4.34. The van der Waals surface area contributed by atoms with Crippen LogP contribution in [0.25, 0.3) is 0 Å². The second-order valence-electron chi connectivity index (χ2n) is 6.46. The fourth-order valence-corrected chi connectivity index (χ4v) is 3.09. The zero-order valence-electron chi connectivity index (χ0n) is 13.7. The normalized spacial score (nSPS) is 24.0. The van der Waals surface area contributed by atoms with Crippen molar-refractivity contribution in [1.29, 1.82) is 0 Å². The van der Waals surface area contributed by atoms with Gasteiger partial charge in [-0.3, -0.25) is 14.9 Å². The molecule has 3 rings (SSSR count). The Kier molecular flexibility index (Phi) is 4.26. The van der Waals surface area contributed by atoms with E-state index >= 15 is 0 Å². The fraction of sp³-hybridized carbons (Fsp3) is 0.400. The molecule has 2 heterocycles. The van der Waals surface area contributed by atoms with Gasteiger partial charge in [0.2, 0.25) is 5.82 Å². The molecule has 0 radical (unpaired) electrons. The van der Waals surface area contributed by atoms with E-state index in [-0.39, 0.29) is 17.3 Å². The highest BCUT2D eigenvalue weighted by molar-refractivity contribution is 7.80. The van der Waals surface area contributed by atoms with Crippen molar-refractivity contribution in [3.63, 3.8) is 0 Å². The van der Waals surface area contributed by atoms with Crippen molar-refractivity contribution in [3.05, 3.63) is 39.7 Å². The third kappa shape index (κ3) is 2.94. The summed E-state index contributed by atoms with van der Waals surface area (Å²) in [6, 6.07) is 2.03. The van der Waals surface area contributed by atoms with E-state index in [1.54, 1.807) is 13.8 Å². The van der Waals surface area contributed by atoms with Crippen LogP contribution in [0.1, 0.15) is 25.5 Å². The summed E-state index contributed by atoms with van der Waals surface area (Å²) in [7, 11) is 0. The van der Waals surface area contributed by atoms with Gasteiger partial charge in [-0.05, 0) is 32.1 Å². The number of rotatable bonds is 3. The van der Waals surface area contributed by atoms with Crippen LogP contribution >= 0.6 is 12.2 Å². The number of nitro groups is 1. The predicted octanol–water partition coefficient (Wildman–Crippen LogP) is 1.81. The minimum Gasteiger partial charge on any atom is -0.460 e. The van der Waals surface area contributed by atoms with Gasteiger partial charge in [-0.1, -0.05) is 6.07 Å². The molecule has 1 aromatic rings. The third-order valence-electron chi connectivity index (χ3n) is 4.13. The highest BCUT2D eigenvalue weighted by Crippen LogP contribution is 2.33. The molecular formula is C15H14FN3O6S. The zero-order valence-corrected chi connectivity index (χ0v) is 14.5. The van der Waals surface area contributed by atoms with Crippen LogP contribution in [-0.2, 0) is 14.3 Å². The number of amides is 2. The SMILES string of the molecule is CC1(C)COC(=O)N1C(=O)[C@@H]1NC(=S)O[C@H]1c1ccc(F)c([N+](=O)[O-])c1. The van der Waals surface area contributed by atoms with Gasteiger partial charge in [0, 0.05) is 11.6 Å². The topological polar surface area (TPSA) is 111 Å². The molecule has 2 atom stereocenters. The highest BCUT2D eigenvalue weighted by atomic mass is 32.1. The molecule has 2 amide bonds. The lowest BCUT2D eigenvalue weighted by atomic mass is 9.98. The van der Waals surface area contributed by atoms with E-state index in [1.165, 1.54) is 6.07 Å². The molecule has 138 valence electrons. The number of carbonyl (C=O) groups excluding carboxylic acids is 2. The minimum absolute atomic E-state index is 0.0300. The summed E-state index contributed by atoms with van der Waals surface area (Å²) in [4.78, 5) is 35.9. The van der Waals surface area contributed by atoms with Crippen LogP contribution in [-0.4, -0.2) is 45.2 Å². The number of benzene rings is 1. The Morgan fingerprint density at radius 3 is 2.77 bits per heavy atom. The number of hydrogen-bond acceptors (Lipinski definition) is 7. The van der Waals surface area contributed by atoms with Gasteiger partial charge in [0.25, 0.3) is 11.1 Å². The van der Waals surface area contributed by atoms with Crippen molar-refractivity contribution in [1.82, 2.24) is 10.2 Å². The number of carbonyl (C=O) groups is 2. The highest BCUT2D eigenvalue weighted by Gasteiger charge is 2.50. The second-order valence-corrected chi connectivity index (χ2v) is 6.83. The largest absolute Gasteiger partial charge is 0.460 e. The number of ether oxygens (including phenoxy) is 2. The Balaban J connectivity index is 1.96. The first-order valence-electron chi connectivity index (χ1n) is 7.53. The summed E-state index contributed by atoms with van der Waals surface area (Å²) in [5, 5.41) is 13.5. The lowest BCUT2D eigenvalue weighted by molar-refractivity contribution is -0.387. The Morgan fingerprint density at radius 2 is 2.19 bits per heavy atom. The molecule has 0 spiro atoms. The summed E-state index contributed by atoms with van der Waals surface area (Å²) >= 11 is 4.94. The Bertz CT molecular complexity index is 830. The van der Waals surface area contributed by atoms with E-state index in [2.05, 4.69) is 5.32 Å². The Labute approximate surface area is 152 Å². The number of nitro benzene ring substituents is 1. The lowest BCUT2D eigenvalue weighted by Crippen LogP contribution is -2.53. The number of hydrogen-bond donors (Lipinski definition) is 1. The average molecular weight is 383 g/mol. The van der Waals surface area contributed by atoms with Gasteiger partial charge in [0.1, 0.15) is 6.61 Å². The van der Waals surface area contributed by atoms with Crippen molar-refractivity contribution in [2.24, 2.45) is 0 Å². The van der Waals surface area contributed by atoms with Crippen LogP contribution in [0.3, 0.4) is 0 Å². The first-order valence-corrected chi connectivity index (χ1v) is 7.94. The molecule has 0 unspecified atom stereocenters. The van der Waals surface area contributed by atoms with E-state index in [0.717, 1.165) is 17.0 Å². The molecule has 1 N–H and O–H groups in total. The van der Waals surface area contributed by atoms with E-state index in [9.17, 15) is 24.1 Å². The monoisotopic (exact) mass is 383 g/mol. The number of nitrogens with zero attached hydrogens (tertiary/aromatic N) is 2. The van der Waals surface area contributed by atoms with Crippen LogP contribution in [0.5, 0.6) is 0 Å². The standard InChI is InChI=1S/C15H14FN3O6S/c1-15(2)6-24-14(21)18(15)12(20)10-11(25-13(26)17-10)7-3-4-8(16)9(5-7)19(22)23/h3-5,10-11H,6H2,1-2H3,(H,17,26)/t10-,11+/m1/s1. The number of imide groups is 1. The molecule has 9 nitrogen and oxygen atoms in total. The first kappa shape index (κ1) is 18.0. The molecule has 2 aliphatic rings. The van der Waals surface area contributed by atoms with Crippen molar-refractivity contribution >= 4 is 35.1 Å². The number of thiocarbonyl (C=S) groups is 1. The molecule has 2 saturated heterocycles. The van der Waals surface area contributed by atoms with Gasteiger partial charge in [-0.15, -0.1) is 0 Å². The zero-order chi connectivity index (χ0) is 19.2. The van der Waals surface area contributed by atoms with Gasteiger partial charge in [0.15, 0.2) is 12.1 Å². The summed E-state index contributed by atoms with van der Waals surface area (Å²) in [5.41, 5.74) is -1.45. The maximum atomic E-state index is 13.6. The maximum Gasteiger partial charge on any atom is 0.417 e. The molecule has 0 bridgehead atoms. The van der Waals surface area contributed by atoms with Crippen LogP contribution in [0.2, 0.25) is 0 Å². The van der Waals surface area contributed by atoms with Gasteiger partial charge in [0.05, 0.1) is 10.5 Å². The van der Waals surface area contributed by atoms with Crippen LogP contribution in [0, 0.1) is 15.9 Å². The molecule has 0 aromatic heterocycles. The Hall–Kier alpha value is -2.82. The smallest absolute Gasteiger partial charge is 0.417 e. The summed E-state index contributed by atoms with van der Waals surface area (Å²) in [5.74, 6) is -1.67. The van der Waals surface area contributed by atoms with E-state index in [4.69, 9.17) is 21.7 Å². The lowest BCUT2D eigenvalue weighted by Gasteiger charge is -2.29. The van der Waals surface area contributed by atoms with Crippen LogP contribution in [0.4, 0.5) is 14.9 Å². The van der Waals surface area contributed by atoms with Gasteiger partial charge >= 0.3 is 11.8 Å². The molecule has 0 aliphatic carbocycles. The van der Waals surface area contributed by atoms with E-state index < -0.39 is 46.1 Å². The molecule has 1 aromatic carbocycles. The summed E-state index contributed by atoms with van der Waals surface area (Å²) in [6.45, 7) is 3.34. The number of cyclic esters (lactones) is 1. The second kappa shape index (κ2) is 6.16. The molecule has 11 heteroatoms. The molecular weight excluding hydrogens is 369 g/mol. The van der Waals surface area contributed by atoms with Crippen molar-refractivity contribution in [3.8, 4) is 0 Å². The van der Waals surface area contributed by atoms with Crippen LogP contribution in [0.15, 0.2) is 18.2 Å². The number of halogens is 1. The van der Waals surface area contributed by atoms with E-state index in [0.29, 0.717) is 0 Å². The first-order chi connectivity index (χ1) is 12.1. The predicted molar refractivity (Wildman–Crippen MR) is 88.7 cm³/mol. The van der Waals surface area contributed by atoms with Gasteiger partial charge < -0.3 is 14.8 Å². The minimum atomic E-state index is -1.11. The van der Waals surface area contributed by atoms with Gasteiger partial charge in [-0.25, -0.2) is 9.69 Å². The van der Waals surface area contributed by atoms with Crippen molar-refractivity contribution < 1.29 is 28.4 Å². The molecule has 2 aliphatic heterocycles. The van der Waals surface area contributed by atoms with Crippen LogP contribution < -0.4 is 5.32 Å². The molecule has 2 fully saturated rings. The number of nitrogens with one attached hydrogen (secondary N) is 1. The molecule has 26 heavy (non-hydrogen) atoms. The quantitative estimate of drug-likeness (QED) is 0.478. The van der Waals surface area contributed by atoms with Crippen molar-refractivity contribution in [2.45, 2.75) is 31.5 Å². The average Bonchev–Trinajstić information content (AvgIpc) is 3.07. The summed E-state index contributed by atoms with van der Waals surface area (Å²) in [6.07, 6.45) is -1.86. The summed E-state index contributed by atoms with van der Waals surface area (Å²) < 4.78 is 23.9. The van der Waals surface area contributed by atoms with Gasteiger partial charge in [-0.2, -0.15) is 4.39 Å². The fourth-order valence-electron chi connectivity index (χ4n) is 2.86. The maximum absolute atomic E-state index is 13.6. The van der Waals surface area contributed by atoms with E-state index in [1.807, 2.05) is 0 Å².